The fourth-order valence-electron chi connectivity index (χ4n) is 0.260. The van der Waals surface area contributed by atoms with Crippen LogP contribution >= 0.6 is 0 Å². The van der Waals surface area contributed by atoms with E-state index in [1.807, 2.05) is 0 Å². The molecule has 0 fully saturated rings. The van der Waals surface area contributed by atoms with Crippen molar-refractivity contribution in [2.45, 2.75) is 6.42 Å². The van der Waals surface area contributed by atoms with Crippen LogP contribution in [0.3, 0.4) is 0 Å². The SMILES string of the molecule is NCCC(=O)S(N)(=O)=O. The predicted octanol–water partition coefficient (Wildman–Crippen LogP) is -1.85. The first-order valence-corrected chi connectivity index (χ1v) is 3.79. The van der Waals surface area contributed by atoms with Gasteiger partial charge in [0, 0.05) is 13.0 Å². The van der Waals surface area contributed by atoms with Crippen molar-refractivity contribution in [3.05, 3.63) is 0 Å². The van der Waals surface area contributed by atoms with Crippen molar-refractivity contribution in [3.8, 4) is 0 Å². The van der Waals surface area contributed by atoms with Crippen LogP contribution in [0.15, 0.2) is 0 Å². The molecule has 0 radical (unpaired) electrons. The number of nitrogens with two attached hydrogens (primary N) is 2. The summed E-state index contributed by atoms with van der Waals surface area (Å²) in [4.78, 5) is 10.3. The summed E-state index contributed by atoms with van der Waals surface area (Å²) in [5, 5.41) is 3.42. The summed E-state index contributed by atoms with van der Waals surface area (Å²) < 4.78 is 20.2. The lowest BCUT2D eigenvalue weighted by molar-refractivity contribution is -0.111. The van der Waals surface area contributed by atoms with Gasteiger partial charge >= 0.3 is 0 Å². The molecule has 0 aromatic carbocycles. The van der Waals surface area contributed by atoms with Gasteiger partial charge < -0.3 is 5.73 Å². The maximum Gasteiger partial charge on any atom is 0.272 e. The number of rotatable bonds is 2. The molecule has 0 aliphatic rings. The largest absolute Gasteiger partial charge is 0.330 e. The highest BCUT2D eigenvalue weighted by Gasteiger charge is 2.13. The first-order chi connectivity index (χ1) is 3.98. The lowest BCUT2D eigenvalue weighted by atomic mass is 10.5. The average molecular weight is 152 g/mol. The summed E-state index contributed by atoms with van der Waals surface area (Å²) in [7, 11) is -3.98. The van der Waals surface area contributed by atoms with Gasteiger partial charge in [0.15, 0.2) is 0 Å². The molecule has 0 saturated carbocycles. The van der Waals surface area contributed by atoms with E-state index < -0.39 is 15.1 Å². The zero-order valence-electron chi connectivity index (χ0n) is 4.70. The van der Waals surface area contributed by atoms with E-state index in [1.54, 1.807) is 0 Å². The van der Waals surface area contributed by atoms with Gasteiger partial charge in [0.2, 0.25) is 0 Å². The molecule has 0 aliphatic heterocycles. The normalized spacial score (nSPS) is 11.3. The van der Waals surface area contributed by atoms with E-state index in [0.29, 0.717) is 0 Å². The fourth-order valence-corrected chi connectivity index (χ4v) is 0.662. The van der Waals surface area contributed by atoms with Gasteiger partial charge in [-0.15, -0.1) is 0 Å². The minimum atomic E-state index is -3.98. The number of hydrogen-bond donors (Lipinski definition) is 2. The molecule has 0 aliphatic carbocycles. The van der Waals surface area contributed by atoms with Crippen LogP contribution in [0, 0.1) is 0 Å². The summed E-state index contributed by atoms with van der Waals surface area (Å²) >= 11 is 0. The van der Waals surface area contributed by atoms with Crippen LogP contribution in [0.4, 0.5) is 0 Å². The topological polar surface area (TPSA) is 103 Å². The quantitative estimate of drug-likeness (QED) is 0.484. The Labute approximate surface area is 53.1 Å². The van der Waals surface area contributed by atoms with Crippen LogP contribution < -0.4 is 10.9 Å². The minimum absolute atomic E-state index is 0.00919. The fraction of sp³-hybridized carbons (Fsp3) is 0.667. The van der Waals surface area contributed by atoms with E-state index >= 15 is 0 Å². The summed E-state index contributed by atoms with van der Waals surface area (Å²) in [6.07, 6.45) is -0.209. The van der Waals surface area contributed by atoms with Gasteiger partial charge in [0.1, 0.15) is 0 Å². The summed E-state index contributed by atoms with van der Waals surface area (Å²) in [5.74, 6) is 0. The molecule has 0 saturated heterocycles. The van der Waals surface area contributed by atoms with E-state index in [0.717, 1.165) is 0 Å². The number of hydrogen-bond acceptors (Lipinski definition) is 4. The average Bonchev–Trinajstić information content (AvgIpc) is 1.64. The Morgan fingerprint density at radius 1 is 1.44 bits per heavy atom. The molecule has 0 atom stereocenters. The van der Waals surface area contributed by atoms with Gasteiger partial charge in [0.25, 0.3) is 15.1 Å². The Kier molecular flexibility index (Phi) is 2.75. The first-order valence-electron chi connectivity index (χ1n) is 2.24. The highest BCUT2D eigenvalue weighted by atomic mass is 32.2. The highest BCUT2D eigenvalue weighted by Crippen LogP contribution is 1.85. The van der Waals surface area contributed by atoms with Gasteiger partial charge in [-0.2, -0.15) is 0 Å². The standard InChI is InChI=1S/C3H8N2O3S/c4-2-1-3(6)9(5,7)8/h1-2,4H2,(H2,5,7,8). The van der Waals surface area contributed by atoms with E-state index in [2.05, 4.69) is 5.14 Å². The Balaban J connectivity index is 4.08. The number of sulfonamides is 1. The molecule has 0 spiro atoms. The molecule has 54 valence electrons. The van der Waals surface area contributed by atoms with Crippen LogP contribution in [-0.2, 0) is 14.8 Å². The Morgan fingerprint density at radius 3 is 2.00 bits per heavy atom. The molecule has 0 aromatic rings. The van der Waals surface area contributed by atoms with E-state index in [-0.39, 0.29) is 13.0 Å². The Bertz CT molecular complexity index is 195. The number of carbonyl (C=O) groups is 1. The summed E-state index contributed by atoms with van der Waals surface area (Å²) in [5.41, 5.74) is 4.89. The molecule has 0 heterocycles. The molecular formula is C3H8N2O3S. The van der Waals surface area contributed by atoms with Crippen LogP contribution in [-0.4, -0.2) is 20.1 Å². The van der Waals surface area contributed by atoms with Crippen molar-refractivity contribution < 1.29 is 13.2 Å². The van der Waals surface area contributed by atoms with Crippen molar-refractivity contribution >= 4 is 15.1 Å². The zero-order valence-corrected chi connectivity index (χ0v) is 5.52. The zero-order chi connectivity index (χ0) is 7.49. The van der Waals surface area contributed by atoms with Gasteiger partial charge in [-0.25, -0.2) is 13.6 Å². The Hall–Kier alpha value is -0.460. The van der Waals surface area contributed by atoms with Gasteiger partial charge in [-0.3, -0.25) is 4.79 Å². The van der Waals surface area contributed by atoms with Gasteiger partial charge in [0.05, 0.1) is 0 Å². The lowest BCUT2D eigenvalue weighted by Crippen LogP contribution is -2.25. The van der Waals surface area contributed by atoms with Crippen LogP contribution in [0.5, 0.6) is 0 Å². The summed E-state index contributed by atoms with van der Waals surface area (Å²) in [6.45, 7) is 0.00919. The van der Waals surface area contributed by atoms with Crippen molar-refractivity contribution in [2.24, 2.45) is 10.9 Å². The second-order valence-electron chi connectivity index (χ2n) is 1.46. The Morgan fingerprint density at radius 2 is 1.89 bits per heavy atom. The molecule has 0 bridgehead atoms. The van der Waals surface area contributed by atoms with Gasteiger partial charge in [-0.05, 0) is 0 Å². The van der Waals surface area contributed by atoms with Gasteiger partial charge in [-0.1, -0.05) is 0 Å². The molecule has 0 unspecified atom stereocenters. The van der Waals surface area contributed by atoms with Crippen LogP contribution in [0.2, 0.25) is 0 Å². The van der Waals surface area contributed by atoms with Crippen LogP contribution in [0.1, 0.15) is 6.42 Å². The van der Waals surface area contributed by atoms with E-state index in [1.165, 1.54) is 0 Å². The molecule has 9 heavy (non-hydrogen) atoms. The maximum atomic E-state index is 10.3. The van der Waals surface area contributed by atoms with E-state index in [9.17, 15) is 13.2 Å². The smallest absolute Gasteiger partial charge is 0.272 e. The van der Waals surface area contributed by atoms with E-state index in [4.69, 9.17) is 5.73 Å². The molecule has 4 N–H and O–H groups in total. The molecule has 0 rings (SSSR count). The molecule has 6 heteroatoms. The third-order valence-corrected chi connectivity index (χ3v) is 1.50. The third kappa shape index (κ3) is 3.17. The summed E-state index contributed by atoms with van der Waals surface area (Å²) in [6, 6.07) is 0. The van der Waals surface area contributed by atoms with Crippen LogP contribution in [0.25, 0.3) is 0 Å². The molecule has 0 aromatic heterocycles. The highest BCUT2D eigenvalue weighted by molar-refractivity contribution is 8.04. The van der Waals surface area contributed by atoms with Crippen molar-refractivity contribution in [1.82, 2.24) is 0 Å². The molecule has 5 nitrogen and oxygen atoms in total. The second-order valence-corrected chi connectivity index (χ2v) is 3.00. The second kappa shape index (κ2) is 2.90. The number of primary sulfonamides is 1. The monoisotopic (exact) mass is 152 g/mol. The third-order valence-electron chi connectivity index (χ3n) is 0.666. The minimum Gasteiger partial charge on any atom is -0.330 e. The lowest BCUT2D eigenvalue weighted by Gasteiger charge is -1.91. The maximum absolute atomic E-state index is 10.3. The number of carbonyl (C=O) groups excluding carboxylic acids is 1. The predicted molar refractivity (Wildman–Crippen MR) is 31.8 cm³/mol. The molecular weight excluding hydrogens is 144 g/mol. The van der Waals surface area contributed by atoms with Crippen molar-refractivity contribution in [1.29, 1.82) is 0 Å². The molecule has 0 amide bonds. The van der Waals surface area contributed by atoms with Crippen molar-refractivity contribution in [3.63, 3.8) is 0 Å². The van der Waals surface area contributed by atoms with Crippen molar-refractivity contribution in [2.75, 3.05) is 6.54 Å². The first kappa shape index (κ1) is 8.54.